The predicted octanol–water partition coefficient (Wildman–Crippen LogP) is 4.34. The summed E-state index contributed by atoms with van der Waals surface area (Å²) < 4.78 is 5.61. The van der Waals surface area contributed by atoms with Gasteiger partial charge < -0.3 is 9.52 Å². The zero-order valence-corrected chi connectivity index (χ0v) is 11.5. The fourth-order valence-electron chi connectivity index (χ4n) is 2.18. The average molecular weight is 278 g/mol. The van der Waals surface area contributed by atoms with Crippen LogP contribution in [0.4, 0.5) is 0 Å². The van der Waals surface area contributed by atoms with Crippen molar-refractivity contribution in [3.8, 4) is 5.75 Å². The summed E-state index contributed by atoms with van der Waals surface area (Å²) in [6, 6.07) is 14.5. The molecule has 0 unspecified atom stereocenters. The van der Waals surface area contributed by atoms with Gasteiger partial charge >= 0.3 is 0 Å². The molecule has 3 aromatic rings. The van der Waals surface area contributed by atoms with Gasteiger partial charge in [-0.3, -0.25) is 4.79 Å². The van der Waals surface area contributed by atoms with Crippen LogP contribution in [0.3, 0.4) is 0 Å². The van der Waals surface area contributed by atoms with Crippen LogP contribution >= 0.6 is 0 Å². The normalized spacial score (nSPS) is 11.3. The molecule has 0 aliphatic rings. The number of benzene rings is 2. The molecule has 0 saturated carbocycles. The Morgan fingerprint density at radius 3 is 2.76 bits per heavy atom. The molecule has 21 heavy (non-hydrogen) atoms. The van der Waals surface area contributed by atoms with E-state index in [-0.39, 0.29) is 11.5 Å². The second-order valence-corrected chi connectivity index (χ2v) is 4.90. The van der Waals surface area contributed by atoms with Gasteiger partial charge in [0.15, 0.2) is 5.78 Å². The monoisotopic (exact) mass is 278 g/mol. The van der Waals surface area contributed by atoms with Crippen LogP contribution in [0.25, 0.3) is 17.0 Å². The molecule has 3 heteroatoms. The quantitative estimate of drug-likeness (QED) is 0.572. The van der Waals surface area contributed by atoms with Crippen LogP contribution in [0.15, 0.2) is 59.0 Å². The van der Waals surface area contributed by atoms with Gasteiger partial charge in [0.1, 0.15) is 17.1 Å². The summed E-state index contributed by atoms with van der Waals surface area (Å²) in [6.45, 7) is 1.87. The van der Waals surface area contributed by atoms with Gasteiger partial charge in [-0.05, 0) is 43.3 Å². The number of fused-ring (bicyclic) bond motifs is 1. The molecule has 0 aliphatic heterocycles. The number of phenolic OH excluding ortho intramolecular Hbond substituents is 1. The molecule has 0 spiro atoms. The lowest BCUT2D eigenvalue weighted by molar-refractivity contribution is 0.104. The second-order valence-electron chi connectivity index (χ2n) is 4.90. The summed E-state index contributed by atoms with van der Waals surface area (Å²) in [6.07, 6.45) is 3.02. The molecule has 0 bridgehead atoms. The SMILES string of the molecule is Cc1ccc(O)c(C(=O)C=Cc2cc3ccccc3o2)c1. The lowest BCUT2D eigenvalue weighted by Crippen LogP contribution is -1.95. The Labute approximate surface area is 122 Å². The van der Waals surface area contributed by atoms with E-state index in [2.05, 4.69) is 0 Å². The maximum Gasteiger partial charge on any atom is 0.189 e. The molecule has 0 amide bonds. The topological polar surface area (TPSA) is 50.4 Å². The number of para-hydroxylation sites is 1. The summed E-state index contributed by atoms with van der Waals surface area (Å²) in [5, 5.41) is 10.7. The molecular weight excluding hydrogens is 264 g/mol. The maximum absolute atomic E-state index is 12.1. The van der Waals surface area contributed by atoms with Crippen molar-refractivity contribution in [2.45, 2.75) is 6.92 Å². The van der Waals surface area contributed by atoms with Gasteiger partial charge in [0.2, 0.25) is 0 Å². The molecule has 0 saturated heterocycles. The lowest BCUT2D eigenvalue weighted by atomic mass is 10.1. The minimum Gasteiger partial charge on any atom is -0.507 e. The van der Waals surface area contributed by atoms with Crippen molar-refractivity contribution in [3.63, 3.8) is 0 Å². The Balaban J connectivity index is 1.88. The number of phenols is 1. The number of hydrogen-bond acceptors (Lipinski definition) is 3. The minimum absolute atomic E-state index is 0.0140. The van der Waals surface area contributed by atoms with Gasteiger partial charge in [-0.15, -0.1) is 0 Å². The molecule has 1 N–H and O–H groups in total. The first-order chi connectivity index (χ1) is 10.1. The highest BCUT2D eigenvalue weighted by Gasteiger charge is 2.08. The van der Waals surface area contributed by atoms with Crippen LogP contribution in [0, 0.1) is 6.92 Å². The lowest BCUT2D eigenvalue weighted by Gasteiger charge is -2.01. The van der Waals surface area contributed by atoms with Gasteiger partial charge in [0.25, 0.3) is 0 Å². The highest BCUT2D eigenvalue weighted by molar-refractivity contribution is 6.08. The molecule has 104 valence electrons. The van der Waals surface area contributed by atoms with Crippen molar-refractivity contribution in [1.82, 2.24) is 0 Å². The number of rotatable bonds is 3. The number of hydrogen-bond donors (Lipinski definition) is 1. The first-order valence-corrected chi connectivity index (χ1v) is 6.64. The van der Waals surface area contributed by atoms with E-state index < -0.39 is 0 Å². The Morgan fingerprint density at radius 2 is 1.95 bits per heavy atom. The zero-order valence-electron chi connectivity index (χ0n) is 11.5. The van der Waals surface area contributed by atoms with E-state index in [1.807, 2.05) is 37.3 Å². The third-order valence-electron chi connectivity index (χ3n) is 3.26. The summed E-state index contributed by atoms with van der Waals surface area (Å²) >= 11 is 0. The number of furan rings is 1. The van der Waals surface area contributed by atoms with E-state index in [1.165, 1.54) is 12.1 Å². The zero-order chi connectivity index (χ0) is 14.8. The number of aromatic hydroxyl groups is 1. The van der Waals surface area contributed by atoms with Gasteiger partial charge in [0.05, 0.1) is 5.56 Å². The largest absolute Gasteiger partial charge is 0.507 e. The van der Waals surface area contributed by atoms with Gasteiger partial charge in [0, 0.05) is 5.39 Å². The van der Waals surface area contributed by atoms with E-state index in [0.29, 0.717) is 11.3 Å². The van der Waals surface area contributed by atoms with Crippen LogP contribution < -0.4 is 0 Å². The molecule has 1 heterocycles. The summed E-state index contributed by atoms with van der Waals surface area (Å²) in [7, 11) is 0. The van der Waals surface area contributed by atoms with Crippen LogP contribution in [0.1, 0.15) is 21.7 Å². The van der Waals surface area contributed by atoms with E-state index in [9.17, 15) is 9.90 Å². The van der Waals surface area contributed by atoms with Crippen molar-refractivity contribution in [1.29, 1.82) is 0 Å². The summed E-state index contributed by atoms with van der Waals surface area (Å²) in [4.78, 5) is 12.1. The molecular formula is C18H14O3. The van der Waals surface area contributed by atoms with Crippen molar-refractivity contribution in [3.05, 3.63) is 71.5 Å². The van der Waals surface area contributed by atoms with Crippen molar-refractivity contribution in [2.24, 2.45) is 0 Å². The highest BCUT2D eigenvalue weighted by Crippen LogP contribution is 2.22. The predicted molar refractivity (Wildman–Crippen MR) is 82.4 cm³/mol. The molecule has 0 radical (unpaired) electrons. The molecule has 0 atom stereocenters. The smallest absolute Gasteiger partial charge is 0.189 e. The van der Waals surface area contributed by atoms with E-state index in [4.69, 9.17) is 4.42 Å². The summed E-state index contributed by atoms with van der Waals surface area (Å²) in [5.41, 5.74) is 2.00. The van der Waals surface area contributed by atoms with Crippen molar-refractivity contribution < 1.29 is 14.3 Å². The Morgan fingerprint density at radius 1 is 1.14 bits per heavy atom. The molecule has 1 aromatic heterocycles. The van der Waals surface area contributed by atoms with Gasteiger partial charge in [-0.25, -0.2) is 0 Å². The van der Waals surface area contributed by atoms with Crippen LogP contribution in [0.2, 0.25) is 0 Å². The van der Waals surface area contributed by atoms with Crippen LogP contribution in [0.5, 0.6) is 5.75 Å². The Hall–Kier alpha value is -2.81. The van der Waals surface area contributed by atoms with Gasteiger partial charge in [-0.2, -0.15) is 0 Å². The van der Waals surface area contributed by atoms with E-state index in [0.717, 1.165) is 16.5 Å². The number of aryl methyl sites for hydroxylation is 1. The first-order valence-electron chi connectivity index (χ1n) is 6.64. The van der Waals surface area contributed by atoms with Crippen molar-refractivity contribution in [2.75, 3.05) is 0 Å². The average Bonchev–Trinajstić information content (AvgIpc) is 2.90. The second kappa shape index (κ2) is 5.29. The van der Waals surface area contributed by atoms with Crippen LogP contribution in [-0.2, 0) is 0 Å². The first kappa shape index (κ1) is 13.2. The minimum atomic E-state index is -0.253. The van der Waals surface area contributed by atoms with Gasteiger partial charge in [-0.1, -0.05) is 29.8 Å². The maximum atomic E-state index is 12.1. The standard InChI is InChI=1S/C18H14O3/c1-12-6-8-16(19)15(10-12)17(20)9-7-14-11-13-4-2-3-5-18(13)21-14/h2-11,19H,1H3. The molecule has 0 fully saturated rings. The van der Waals surface area contributed by atoms with Crippen molar-refractivity contribution >= 4 is 22.8 Å². The molecule has 3 rings (SSSR count). The molecule has 2 aromatic carbocycles. The number of allylic oxidation sites excluding steroid dienone is 1. The molecule has 0 aliphatic carbocycles. The Kier molecular flexibility index (Phi) is 3.32. The third kappa shape index (κ3) is 2.72. The number of carbonyl (C=O) groups is 1. The number of ketones is 1. The third-order valence-corrected chi connectivity index (χ3v) is 3.26. The van der Waals surface area contributed by atoms with E-state index >= 15 is 0 Å². The van der Waals surface area contributed by atoms with Crippen LogP contribution in [-0.4, -0.2) is 10.9 Å². The fourth-order valence-corrected chi connectivity index (χ4v) is 2.18. The Bertz CT molecular complexity index is 808. The molecule has 3 nitrogen and oxygen atoms in total. The van der Waals surface area contributed by atoms with E-state index in [1.54, 1.807) is 18.2 Å². The summed E-state index contributed by atoms with van der Waals surface area (Å²) in [5.74, 6) is 0.341. The highest BCUT2D eigenvalue weighted by atomic mass is 16.3. The number of carbonyl (C=O) groups excluding carboxylic acids is 1. The fraction of sp³-hybridized carbons (Fsp3) is 0.0556.